The molecular weight excluding hydrogens is 392 g/mol. The summed E-state index contributed by atoms with van der Waals surface area (Å²) >= 11 is 0. The maximum Gasteiger partial charge on any atom is 0.247 e. The van der Waals surface area contributed by atoms with Crippen LogP contribution in [0.5, 0.6) is 11.5 Å². The summed E-state index contributed by atoms with van der Waals surface area (Å²) in [6, 6.07) is 15.0. The number of ether oxygens (including phenoxy) is 2. The quantitative estimate of drug-likeness (QED) is 0.573. The van der Waals surface area contributed by atoms with Crippen LogP contribution in [0, 0.1) is 0 Å². The van der Waals surface area contributed by atoms with Crippen LogP contribution in [0.2, 0.25) is 0 Å². The number of rotatable bonds is 10. The molecule has 1 atom stereocenters. The zero-order chi connectivity index (χ0) is 22.1. The van der Waals surface area contributed by atoms with E-state index < -0.39 is 0 Å². The van der Waals surface area contributed by atoms with Crippen molar-refractivity contribution in [1.29, 1.82) is 0 Å². The molecule has 0 bridgehead atoms. The van der Waals surface area contributed by atoms with Gasteiger partial charge in [-0.2, -0.15) is 0 Å². The molecule has 0 radical (unpaired) electrons. The van der Waals surface area contributed by atoms with Crippen molar-refractivity contribution in [2.45, 2.75) is 51.0 Å². The number of benzene rings is 2. The van der Waals surface area contributed by atoms with Gasteiger partial charge in [-0.15, -0.1) is 0 Å². The first-order valence-corrected chi connectivity index (χ1v) is 11.0. The third-order valence-electron chi connectivity index (χ3n) is 5.75. The molecule has 1 fully saturated rings. The Balaban J connectivity index is 1.40. The monoisotopic (exact) mass is 424 g/mol. The predicted molar refractivity (Wildman–Crippen MR) is 122 cm³/mol. The van der Waals surface area contributed by atoms with E-state index in [4.69, 9.17) is 9.47 Å². The van der Waals surface area contributed by atoms with Crippen molar-refractivity contribution in [2.75, 3.05) is 26.1 Å². The average Bonchev–Trinajstić information content (AvgIpc) is 3.30. The van der Waals surface area contributed by atoms with Crippen LogP contribution in [-0.2, 0) is 16.0 Å². The number of anilines is 1. The number of carbonyl (C=O) groups is 2. The molecule has 1 unspecified atom stereocenters. The van der Waals surface area contributed by atoms with Gasteiger partial charge in [-0.05, 0) is 74.1 Å². The molecule has 0 saturated carbocycles. The minimum atomic E-state index is -0.381. The van der Waals surface area contributed by atoms with Crippen molar-refractivity contribution in [3.63, 3.8) is 0 Å². The molecule has 0 spiro atoms. The van der Waals surface area contributed by atoms with Gasteiger partial charge in [0.05, 0.1) is 14.2 Å². The van der Waals surface area contributed by atoms with E-state index in [9.17, 15) is 9.59 Å². The van der Waals surface area contributed by atoms with Gasteiger partial charge in [-0.1, -0.05) is 18.6 Å². The van der Waals surface area contributed by atoms with Gasteiger partial charge in [0.2, 0.25) is 11.8 Å². The standard InChI is InChI=1S/C25H32N2O4/c1-30-21-14-10-19(11-15-21)7-4-3-5-9-24(28)27-18-6-8-23(27)25(29)26-20-12-16-22(31-2)17-13-20/h10-17,23H,3-9,18H2,1-2H3,(H,26,29). The first-order chi connectivity index (χ1) is 15.1. The number of methoxy groups -OCH3 is 2. The Morgan fingerprint density at radius 3 is 2.23 bits per heavy atom. The number of nitrogens with zero attached hydrogens (tertiary/aromatic N) is 1. The Kier molecular flexibility index (Phi) is 8.33. The fourth-order valence-electron chi connectivity index (χ4n) is 3.96. The Morgan fingerprint density at radius 1 is 0.935 bits per heavy atom. The number of amides is 2. The van der Waals surface area contributed by atoms with Crippen molar-refractivity contribution in [2.24, 2.45) is 0 Å². The molecule has 2 aromatic carbocycles. The Labute approximate surface area is 184 Å². The van der Waals surface area contributed by atoms with E-state index in [2.05, 4.69) is 17.4 Å². The summed E-state index contributed by atoms with van der Waals surface area (Å²) in [5, 5.41) is 2.93. The van der Waals surface area contributed by atoms with Crippen LogP contribution < -0.4 is 14.8 Å². The summed E-state index contributed by atoms with van der Waals surface area (Å²) < 4.78 is 10.3. The van der Waals surface area contributed by atoms with Gasteiger partial charge in [0.1, 0.15) is 17.5 Å². The molecule has 1 aliphatic heterocycles. The van der Waals surface area contributed by atoms with E-state index in [0.29, 0.717) is 25.1 Å². The van der Waals surface area contributed by atoms with Gasteiger partial charge in [0.15, 0.2) is 0 Å². The fourth-order valence-corrected chi connectivity index (χ4v) is 3.96. The molecule has 1 saturated heterocycles. The molecule has 166 valence electrons. The highest BCUT2D eigenvalue weighted by atomic mass is 16.5. The zero-order valence-corrected chi connectivity index (χ0v) is 18.4. The van der Waals surface area contributed by atoms with Crippen LogP contribution in [0.15, 0.2) is 48.5 Å². The first-order valence-electron chi connectivity index (χ1n) is 11.0. The summed E-state index contributed by atoms with van der Waals surface area (Å²) in [7, 11) is 3.27. The van der Waals surface area contributed by atoms with Crippen LogP contribution in [0.4, 0.5) is 5.69 Å². The van der Waals surface area contributed by atoms with Crippen molar-refractivity contribution in [3.05, 3.63) is 54.1 Å². The summed E-state index contributed by atoms with van der Waals surface area (Å²) in [6.45, 7) is 0.658. The van der Waals surface area contributed by atoms with Crippen LogP contribution in [0.25, 0.3) is 0 Å². The predicted octanol–water partition coefficient (Wildman–Crippen LogP) is 4.44. The molecule has 1 N–H and O–H groups in total. The lowest BCUT2D eigenvalue weighted by atomic mass is 10.1. The van der Waals surface area contributed by atoms with Gasteiger partial charge < -0.3 is 19.7 Å². The summed E-state index contributed by atoms with van der Waals surface area (Å²) in [6.07, 6.45) is 5.95. The summed E-state index contributed by atoms with van der Waals surface area (Å²) in [5.41, 5.74) is 1.99. The smallest absolute Gasteiger partial charge is 0.247 e. The number of hydrogen-bond acceptors (Lipinski definition) is 4. The second-order valence-corrected chi connectivity index (χ2v) is 7.87. The Morgan fingerprint density at radius 2 is 1.58 bits per heavy atom. The largest absolute Gasteiger partial charge is 0.497 e. The molecule has 0 aliphatic carbocycles. The van der Waals surface area contributed by atoms with Crippen molar-refractivity contribution in [1.82, 2.24) is 4.90 Å². The maximum atomic E-state index is 12.7. The molecule has 3 rings (SSSR count). The molecule has 2 aromatic rings. The lowest BCUT2D eigenvalue weighted by Crippen LogP contribution is -2.43. The van der Waals surface area contributed by atoms with Gasteiger partial charge >= 0.3 is 0 Å². The number of carbonyl (C=O) groups excluding carboxylic acids is 2. The number of nitrogens with one attached hydrogen (secondary N) is 1. The second kappa shape index (κ2) is 11.4. The van der Waals surface area contributed by atoms with Crippen molar-refractivity contribution >= 4 is 17.5 Å². The van der Waals surface area contributed by atoms with Crippen LogP contribution in [-0.4, -0.2) is 43.5 Å². The lowest BCUT2D eigenvalue weighted by Gasteiger charge is -2.24. The van der Waals surface area contributed by atoms with Crippen LogP contribution in [0.1, 0.15) is 44.1 Å². The molecule has 1 aliphatic rings. The number of hydrogen-bond donors (Lipinski definition) is 1. The molecule has 6 nitrogen and oxygen atoms in total. The SMILES string of the molecule is COc1ccc(CCCCCC(=O)N2CCCC2C(=O)Nc2ccc(OC)cc2)cc1. The fraction of sp³-hybridized carbons (Fsp3) is 0.440. The zero-order valence-electron chi connectivity index (χ0n) is 18.4. The molecule has 1 heterocycles. The van der Waals surface area contributed by atoms with E-state index in [1.54, 1.807) is 43.4 Å². The van der Waals surface area contributed by atoms with Crippen LogP contribution in [0.3, 0.4) is 0 Å². The molecule has 0 aromatic heterocycles. The molecule has 6 heteroatoms. The van der Waals surface area contributed by atoms with Gasteiger partial charge in [-0.25, -0.2) is 0 Å². The van der Waals surface area contributed by atoms with Crippen molar-refractivity contribution in [3.8, 4) is 11.5 Å². The van der Waals surface area contributed by atoms with E-state index >= 15 is 0 Å². The Hall–Kier alpha value is -3.02. The van der Waals surface area contributed by atoms with Crippen LogP contribution >= 0.6 is 0 Å². The van der Waals surface area contributed by atoms with Gasteiger partial charge in [0.25, 0.3) is 0 Å². The van der Waals surface area contributed by atoms with E-state index in [0.717, 1.165) is 43.6 Å². The van der Waals surface area contributed by atoms with Crippen molar-refractivity contribution < 1.29 is 19.1 Å². The Bertz CT molecular complexity index is 849. The molecule has 31 heavy (non-hydrogen) atoms. The van der Waals surface area contributed by atoms with E-state index in [1.165, 1.54) is 5.56 Å². The maximum absolute atomic E-state index is 12.7. The van der Waals surface area contributed by atoms with E-state index in [1.807, 2.05) is 12.1 Å². The third-order valence-corrected chi connectivity index (χ3v) is 5.75. The highest BCUT2D eigenvalue weighted by Crippen LogP contribution is 2.22. The lowest BCUT2D eigenvalue weighted by molar-refractivity contribution is -0.136. The number of aryl methyl sites for hydroxylation is 1. The van der Waals surface area contributed by atoms with Gasteiger partial charge in [0, 0.05) is 18.7 Å². The summed E-state index contributed by atoms with van der Waals surface area (Å²) in [5.74, 6) is 1.57. The second-order valence-electron chi connectivity index (χ2n) is 7.87. The van der Waals surface area contributed by atoms with Gasteiger partial charge in [-0.3, -0.25) is 9.59 Å². The summed E-state index contributed by atoms with van der Waals surface area (Å²) in [4.78, 5) is 27.2. The minimum absolute atomic E-state index is 0.0804. The first kappa shape index (κ1) is 22.7. The number of unbranched alkanes of at least 4 members (excludes halogenated alkanes) is 2. The average molecular weight is 425 g/mol. The molecular formula is C25H32N2O4. The highest BCUT2D eigenvalue weighted by Gasteiger charge is 2.33. The third kappa shape index (κ3) is 6.48. The number of likely N-dealkylation sites (tertiary alicyclic amines) is 1. The van der Waals surface area contributed by atoms with E-state index in [-0.39, 0.29) is 17.9 Å². The highest BCUT2D eigenvalue weighted by molar-refractivity contribution is 5.97. The normalized spacial score (nSPS) is 15.5. The topological polar surface area (TPSA) is 67.9 Å². The minimum Gasteiger partial charge on any atom is -0.497 e. The molecule has 2 amide bonds.